The highest BCUT2D eigenvalue weighted by Gasteiger charge is 2.31. The SMILES string of the molecule is CC(=O)SCC(C(=O)NC(COCc1ccccc1)C(=O)OCc1ccccc1)C(C)c1ccccc1. The molecule has 0 aliphatic rings. The van der Waals surface area contributed by atoms with E-state index in [-0.39, 0.29) is 30.2 Å². The third-order valence-electron chi connectivity index (χ3n) is 5.95. The highest BCUT2D eigenvalue weighted by atomic mass is 32.2. The fourth-order valence-corrected chi connectivity index (χ4v) is 4.64. The second-order valence-electron chi connectivity index (χ2n) is 8.76. The van der Waals surface area contributed by atoms with Gasteiger partial charge in [0.05, 0.1) is 19.1 Å². The number of benzene rings is 3. The molecule has 0 aliphatic carbocycles. The lowest BCUT2D eigenvalue weighted by molar-refractivity contribution is -0.151. The van der Waals surface area contributed by atoms with Crippen LogP contribution in [-0.2, 0) is 37.1 Å². The molecule has 3 rings (SSSR count). The minimum atomic E-state index is -0.993. The zero-order valence-corrected chi connectivity index (χ0v) is 22.0. The third kappa shape index (κ3) is 9.52. The van der Waals surface area contributed by atoms with Gasteiger partial charge in [-0.2, -0.15) is 0 Å². The molecule has 0 radical (unpaired) electrons. The Bertz CT molecular complexity index is 1120. The lowest BCUT2D eigenvalue weighted by Crippen LogP contribution is -2.48. The van der Waals surface area contributed by atoms with Gasteiger partial charge >= 0.3 is 5.97 Å². The lowest BCUT2D eigenvalue weighted by atomic mass is 9.88. The first-order valence-electron chi connectivity index (χ1n) is 12.2. The van der Waals surface area contributed by atoms with Crippen molar-refractivity contribution < 1.29 is 23.9 Å². The number of nitrogens with one attached hydrogen (secondary N) is 1. The van der Waals surface area contributed by atoms with Gasteiger partial charge in [0.25, 0.3) is 0 Å². The Hall–Kier alpha value is -3.42. The molecule has 37 heavy (non-hydrogen) atoms. The summed E-state index contributed by atoms with van der Waals surface area (Å²) < 4.78 is 11.3. The van der Waals surface area contributed by atoms with Crippen LogP contribution in [0.5, 0.6) is 0 Å². The Balaban J connectivity index is 1.72. The maximum Gasteiger partial charge on any atom is 0.331 e. The van der Waals surface area contributed by atoms with Crippen molar-refractivity contribution >= 4 is 28.8 Å². The normalized spacial score (nSPS) is 13.2. The standard InChI is InChI=1S/C30H33NO5S/c1-22(26-16-10-5-11-17-26)27(21-37-23(2)32)29(33)31-28(20-35-18-24-12-6-3-7-13-24)30(34)36-19-25-14-8-4-9-15-25/h3-17,22,27-28H,18-21H2,1-2H3,(H,31,33). The van der Waals surface area contributed by atoms with Crippen molar-refractivity contribution in [1.82, 2.24) is 5.32 Å². The van der Waals surface area contributed by atoms with E-state index in [4.69, 9.17) is 9.47 Å². The van der Waals surface area contributed by atoms with Gasteiger partial charge in [-0.05, 0) is 22.6 Å². The van der Waals surface area contributed by atoms with E-state index in [1.54, 1.807) is 0 Å². The molecule has 1 amide bonds. The van der Waals surface area contributed by atoms with E-state index in [1.807, 2.05) is 97.9 Å². The van der Waals surface area contributed by atoms with E-state index in [0.29, 0.717) is 12.4 Å². The lowest BCUT2D eigenvalue weighted by Gasteiger charge is -2.26. The average molecular weight is 520 g/mol. The number of thioether (sulfide) groups is 1. The van der Waals surface area contributed by atoms with E-state index < -0.39 is 17.9 Å². The first-order chi connectivity index (χ1) is 17.9. The molecule has 0 saturated heterocycles. The highest BCUT2D eigenvalue weighted by Crippen LogP contribution is 2.28. The Morgan fingerprint density at radius 3 is 1.92 bits per heavy atom. The van der Waals surface area contributed by atoms with Gasteiger partial charge < -0.3 is 14.8 Å². The summed E-state index contributed by atoms with van der Waals surface area (Å²) >= 11 is 1.10. The smallest absolute Gasteiger partial charge is 0.331 e. The predicted molar refractivity (Wildman–Crippen MR) is 146 cm³/mol. The summed E-state index contributed by atoms with van der Waals surface area (Å²) in [5.41, 5.74) is 2.79. The van der Waals surface area contributed by atoms with Crippen LogP contribution in [0.4, 0.5) is 0 Å². The summed E-state index contributed by atoms with van der Waals surface area (Å²) in [6, 6.07) is 27.6. The van der Waals surface area contributed by atoms with Gasteiger partial charge in [0.15, 0.2) is 11.2 Å². The second kappa shape index (κ2) is 15.0. The summed E-state index contributed by atoms with van der Waals surface area (Å²) in [4.78, 5) is 38.2. The summed E-state index contributed by atoms with van der Waals surface area (Å²) in [5, 5.41) is 2.78. The van der Waals surface area contributed by atoms with Crippen molar-refractivity contribution in [2.45, 2.75) is 39.0 Å². The largest absolute Gasteiger partial charge is 0.459 e. The van der Waals surface area contributed by atoms with Crippen LogP contribution in [0, 0.1) is 5.92 Å². The Labute approximate surface area is 222 Å². The van der Waals surface area contributed by atoms with Crippen LogP contribution in [0.15, 0.2) is 91.0 Å². The van der Waals surface area contributed by atoms with E-state index in [0.717, 1.165) is 28.5 Å². The molecule has 6 nitrogen and oxygen atoms in total. The second-order valence-corrected chi connectivity index (χ2v) is 9.96. The van der Waals surface area contributed by atoms with Crippen LogP contribution in [0.2, 0.25) is 0 Å². The van der Waals surface area contributed by atoms with Crippen molar-refractivity contribution in [1.29, 1.82) is 0 Å². The molecule has 0 saturated carbocycles. The average Bonchev–Trinajstić information content (AvgIpc) is 2.92. The molecule has 0 fully saturated rings. The van der Waals surface area contributed by atoms with Crippen molar-refractivity contribution in [3.8, 4) is 0 Å². The minimum Gasteiger partial charge on any atom is -0.459 e. The number of esters is 1. The molecule has 194 valence electrons. The Morgan fingerprint density at radius 1 is 0.811 bits per heavy atom. The van der Waals surface area contributed by atoms with Gasteiger partial charge in [-0.15, -0.1) is 0 Å². The van der Waals surface area contributed by atoms with Gasteiger partial charge in [0, 0.05) is 12.7 Å². The molecule has 0 bridgehead atoms. The molecule has 1 N–H and O–H groups in total. The summed E-state index contributed by atoms with van der Waals surface area (Å²) in [6.07, 6.45) is 0. The van der Waals surface area contributed by atoms with Crippen molar-refractivity contribution in [3.63, 3.8) is 0 Å². The molecule has 3 unspecified atom stereocenters. The molecule has 0 aliphatic heterocycles. The summed E-state index contributed by atoms with van der Waals surface area (Å²) in [6.45, 7) is 3.78. The first-order valence-corrected chi connectivity index (χ1v) is 13.2. The monoisotopic (exact) mass is 519 g/mol. The molecule has 7 heteroatoms. The Morgan fingerprint density at radius 2 is 1.35 bits per heavy atom. The number of amides is 1. The number of hydrogen-bond donors (Lipinski definition) is 1. The maximum absolute atomic E-state index is 13.5. The van der Waals surface area contributed by atoms with Crippen LogP contribution < -0.4 is 5.32 Å². The maximum atomic E-state index is 13.5. The molecule has 0 spiro atoms. The molecule has 0 aromatic heterocycles. The highest BCUT2D eigenvalue weighted by molar-refractivity contribution is 8.13. The zero-order chi connectivity index (χ0) is 26.5. The molecular weight excluding hydrogens is 486 g/mol. The van der Waals surface area contributed by atoms with E-state index in [2.05, 4.69) is 5.32 Å². The first kappa shape index (κ1) is 28.2. The molecule has 3 aromatic carbocycles. The number of hydrogen-bond acceptors (Lipinski definition) is 6. The molecule has 3 atom stereocenters. The topological polar surface area (TPSA) is 81.7 Å². The van der Waals surface area contributed by atoms with Crippen LogP contribution in [-0.4, -0.2) is 35.4 Å². The predicted octanol–water partition coefficient (Wildman–Crippen LogP) is 5.13. The minimum absolute atomic E-state index is 0.0411. The summed E-state index contributed by atoms with van der Waals surface area (Å²) in [7, 11) is 0. The van der Waals surface area contributed by atoms with Gasteiger partial charge in [0.2, 0.25) is 5.91 Å². The van der Waals surface area contributed by atoms with E-state index >= 15 is 0 Å². The van der Waals surface area contributed by atoms with Gasteiger partial charge in [-0.3, -0.25) is 9.59 Å². The number of carbonyl (C=O) groups excluding carboxylic acids is 3. The quantitative estimate of drug-likeness (QED) is 0.315. The van der Waals surface area contributed by atoms with Crippen LogP contribution in [0.1, 0.15) is 36.5 Å². The fourth-order valence-electron chi connectivity index (χ4n) is 3.79. The molecule has 0 heterocycles. The zero-order valence-electron chi connectivity index (χ0n) is 21.2. The third-order valence-corrected chi connectivity index (χ3v) is 6.89. The van der Waals surface area contributed by atoms with Crippen molar-refractivity contribution in [3.05, 3.63) is 108 Å². The number of carbonyl (C=O) groups is 3. The number of rotatable bonds is 13. The van der Waals surface area contributed by atoms with Crippen molar-refractivity contribution in [2.24, 2.45) is 5.92 Å². The number of ether oxygens (including phenoxy) is 2. The molecule has 3 aromatic rings. The van der Waals surface area contributed by atoms with Gasteiger partial charge in [-0.1, -0.05) is 110 Å². The van der Waals surface area contributed by atoms with Crippen molar-refractivity contribution in [2.75, 3.05) is 12.4 Å². The van der Waals surface area contributed by atoms with Gasteiger partial charge in [-0.25, -0.2) is 4.79 Å². The van der Waals surface area contributed by atoms with Crippen LogP contribution in [0.3, 0.4) is 0 Å². The van der Waals surface area contributed by atoms with Crippen LogP contribution in [0.25, 0.3) is 0 Å². The Kier molecular flexibility index (Phi) is 11.4. The fraction of sp³-hybridized carbons (Fsp3) is 0.300. The molecular formula is C30H33NO5S. The van der Waals surface area contributed by atoms with E-state index in [1.165, 1.54) is 6.92 Å². The van der Waals surface area contributed by atoms with E-state index in [9.17, 15) is 14.4 Å². The van der Waals surface area contributed by atoms with Gasteiger partial charge in [0.1, 0.15) is 6.61 Å². The van der Waals surface area contributed by atoms with Crippen LogP contribution >= 0.6 is 11.8 Å². The summed E-state index contributed by atoms with van der Waals surface area (Å²) in [5.74, 6) is -1.30.